The molecular formula is C14H23N3O. The lowest BCUT2D eigenvalue weighted by Gasteiger charge is -2.19. The molecule has 1 saturated heterocycles. The normalized spacial score (nSPS) is 22.1. The first-order valence-corrected chi connectivity index (χ1v) is 6.71. The number of rotatable bonds is 5. The molecule has 100 valence electrons. The molecule has 0 amide bonds. The highest BCUT2D eigenvalue weighted by molar-refractivity contribution is 5.22. The molecule has 1 unspecified atom stereocenters. The molecule has 1 aliphatic heterocycles. The van der Waals surface area contributed by atoms with Gasteiger partial charge in [0.25, 0.3) is 0 Å². The van der Waals surface area contributed by atoms with Gasteiger partial charge in [-0.05, 0) is 51.4 Å². The number of pyridine rings is 1. The Bertz CT molecular complexity index is 381. The molecule has 0 aromatic carbocycles. The zero-order valence-electron chi connectivity index (χ0n) is 11.3. The van der Waals surface area contributed by atoms with Gasteiger partial charge in [-0.1, -0.05) is 0 Å². The summed E-state index contributed by atoms with van der Waals surface area (Å²) in [7, 11) is 2.19. The van der Waals surface area contributed by atoms with Crippen molar-refractivity contribution in [1.29, 1.82) is 0 Å². The lowest BCUT2D eigenvalue weighted by Crippen LogP contribution is -2.26. The van der Waals surface area contributed by atoms with Crippen molar-refractivity contribution < 1.29 is 4.74 Å². The standard InChI is InChI=1S/C14H23N3O/c1-11(15)12-5-7-16-14(10-12)18-9-6-13-4-3-8-17(13)2/h5,7,10-11,13H,3-4,6,8-9,15H2,1-2H3/t11-,13?/m1/s1. The molecule has 2 heterocycles. The van der Waals surface area contributed by atoms with Crippen LogP contribution in [0.25, 0.3) is 0 Å². The molecule has 0 radical (unpaired) electrons. The molecular weight excluding hydrogens is 226 g/mol. The minimum absolute atomic E-state index is 0.0244. The number of likely N-dealkylation sites (tertiary alicyclic amines) is 1. The number of nitrogens with zero attached hydrogens (tertiary/aromatic N) is 2. The highest BCUT2D eigenvalue weighted by Crippen LogP contribution is 2.19. The molecule has 0 bridgehead atoms. The zero-order chi connectivity index (χ0) is 13.0. The minimum Gasteiger partial charge on any atom is -0.478 e. The van der Waals surface area contributed by atoms with Gasteiger partial charge < -0.3 is 15.4 Å². The first kappa shape index (κ1) is 13.3. The van der Waals surface area contributed by atoms with Crippen molar-refractivity contribution in [2.24, 2.45) is 5.73 Å². The van der Waals surface area contributed by atoms with Crippen molar-refractivity contribution in [2.75, 3.05) is 20.2 Å². The van der Waals surface area contributed by atoms with Crippen LogP contribution in [0.15, 0.2) is 18.3 Å². The van der Waals surface area contributed by atoms with E-state index < -0.39 is 0 Å². The summed E-state index contributed by atoms with van der Waals surface area (Å²) >= 11 is 0. The molecule has 0 spiro atoms. The average molecular weight is 249 g/mol. The third-order valence-electron chi connectivity index (χ3n) is 3.66. The van der Waals surface area contributed by atoms with E-state index in [9.17, 15) is 0 Å². The number of hydrogen-bond acceptors (Lipinski definition) is 4. The smallest absolute Gasteiger partial charge is 0.213 e. The Labute approximate surface area is 109 Å². The summed E-state index contributed by atoms with van der Waals surface area (Å²) in [5.74, 6) is 0.686. The molecule has 1 aliphatic rings. The molecule has 18 heavy (non-hydrogen) atoms. The van der Waals surface area contributed by atoms with Gasteiger partial charge in [0.15, 0.2) is 0 Å². The number of hydrogen-bond donors (Lipinski definition) is 1. The summed E-state index contributed by atoms with van der Waals surface area (Å²) in [4.78, 5) is 6.63. The lowest BCUT2D eigenvalue weighted by molar-refractivity contribution is 0.228. The SMILES string of the molecule is C[C@@H](N)c1ccnc(OCCC2CCCN2C)c1. The fraction of sp³-hybridized carbons (Fsp3) is 0.643. The van der Waals surface area contributed by atoms with E-state index in [4.69, 9.17) is 10.5 Å². The summed E-state index contributed by atoms with van der Waals surface area (Å²) in [5, 5.41) is 0. The molecule has 2 rings (SSSR count). The van der Waals surface area contributed by atoms with Crippen molar-refractivity contribution in [2.45, 2.75) is 38.3 Å². The van der Waals surface area contributed by atoms with E-state index in [1.165, 1.54) is 19.4 Å². The van der Waals surface area contributed by atoms with Crippen LogP contribution in [0.2, 0.25) is 0 Å². The zero-order valence-corrected chi connectivity index (χ0v) is 11.3. The van der Waals surface area contributed by atoms with Gasteiger partial charge in [-0.3, -0.25) is 0 Å². The topological polar surface area (TPSA) is 51.4 Å². The highest BCUT2D eigenvalue weighted by Gasteiger charge is 2.20. The van der Waals surface area contributed by atoms with Gasteiger partial charge in [-0.2, -0.15) is 0 Å². The molecule has 2 N–H and O–H groups in total. The van der Waals surface area contributed by atoms with Gasteiger partial charge in [0.1, 0.15) is 0 Å². The van der Waals surface area contributed by atoms with Crippen molar-refractivity contribution in [3.8, 4) is 5.88 Å². The molecule has 4 heteroatoms. The van der Waals surface area contributed by atoms with Crippen LogP contribution in [0.3, 0.4) is 0 Å². The fourth-order valence-corrected chi connectivity index (χ4v) is 2.43. The first-order chi connectivity index (χ1) is 8.66. The second-order valence-corrected chi connectivity index (χ2v) is 5.13. The van der Waals surface area contributed by atoms with Gasteiger partial charge in [0, 0.05) is 24.3 Å². The number of aromatic nitrogens is 1. The quantitative estimate of drug-likeness (QED) is 0.866. The van der Waals surface area contributed by atoms with Crippen molar-refractivity contribution in [3.63, 3.8) is 0 Å². The van der Waals surface area contributed by atoms with E-state index in [1.54, 1.807) is 6.20 Å². The summed E-state index contributed by atoms with van der Waals surface area (Å²) in [6.07, 6.45) is 5.42. The Kier molecular flexibility index (Phi) is 4.55. The van der Waals surface area contributed by atoms with Crippen LogP contribution in [0.1, 0.15) is 37.8 Å². The molecule has 0 aliphatic carbocycles. The number of ether oxygens (including phenoxy) is 1. The van der Waals surface area contributed by atoms with E-state index >= 15 is 0 Å². The summed E-state index contributed by atoms with van der Waals surface area (Å²) in [6, 6.07) is 4.56. The first-order valence-electron chi connectivity index (χ1n) is 6.71. The predicted molar refractivity (Wildman–Crippen MR) is 72.6 cm³/mol. The van der Waals surface area contributed by atoms with E-state index in [1.807, 2.05) is 19.1 Å². The minimum atomic E-state index is 0.0244. The van der Waals surface area contributed by atoms with Crippen LogP contribution in [-0.4, -0.2) is 36.1 Å². The Balaban J connectivity index is 1.81. The second-order valence-electron chi connectivity index (χ2n) is 5.13. The maximum absolute atomic E-state index is 5.84. The monoisotopic (exact) mass is 249 g/mol. The van der Waals surface area contributed by atoms with Crippen LogP contribution >= 0.6 is 0 Å². The third kappa shape index (κ3) is 3.43. The van der Waals surface area contributed by atoms with Gasteiger partial charge in [-0.25, -0.2) is 4.98 Å². The lowest BCUT2D eigenvalue weighted by atomic mass is 10.1. The van der Waals surface area contributed by atoms with E-state index in [-0.39, 0.29) is 6.04 Å². The third-order valence-corrected chi connectivity index (χ3v) is 3.66. The van der Waals surface area contributed by atoms with Crippen LogP contribution in [0.5, 0.6) is 5.88 Å². The Hall–Kier alpha value is -1.13. The molecule has 1 aromatic heterocycles. The second kappa shape index (κ2) is 6.16. The van der Waals surface area contributed by atoms with Gasteiger partial charge >= 0.3 is 0 Å². The molecule has 1 fully saturated rings. The van der Waals surface area contributed by atoms with Gasteiger partial charge in [0.2, 0.25) is 5.88 Å². The van der Waals surface area contributed by atoms with Gasteiger partial charge in [-0.15, -0.1) is 0 Å². The Morgan fingerprint density at radius 1 is 1.61 bits per heavy atom. The Morgan fingerprint density at radius 2 is 2.44 bits per heavy atom. The molecule has 1 aromatic rings. The van der Waals surface area contributed by atoms with E-state index in [2.05, 4.69) is 16.9 Å². The van der Waals surface area contributed by atoms with Crippen molar-refractivity contribution in [3.05, 3.63) is 23.9 Å². The van der Waals surface area contributed by atoms with E-state index in [0.29, 0.717) is 11.9 Å². The van der Waals surface area contributed by atoms with Crippen LogP contribution in [0, 0.1) is 0 Å². The fourth-order valence-electron chi connectivity index (χ4n) is 2.43. The average Bonchev–Trinajstić information content (AvgIpc) is 2.76. The largest absolute Gasteiger partial charge is 0.478 e. The van der Waals surface area contributed by atoms with Crippen LogP contribution in [0.4, 0.5) is 0 Å². The molecule has 4 nitrogen and oxygen atoms in total. The highest BCUT2D eigenvalue weighted by atomic mass is 16.5. The Morgan fingerprint density at radius 3 is 3.11 bits per heavy atom. The molecule has 0 saturated carbocycles. The maximum atomic E-state index is 5.84. The molecule has 2 atom stereocenters. The van der Waals surface area contributed by atoms with Crippen LogP contribution < -0.4 is 10.5 Å². The summed E-state index contributed by atoms with van der Waals surface area (Å²) < 4.78 is 5.71. The van der Waals surface area contributed by atoms with Crippen LogP contribution in [-0.2, 0) is 0 Å². The van der Waals surface area contributed by atoms with Crippen molar-refractivity contribution in [1.82, 2.24) is 9.88 Å². The van der Waals surface area contributed by atoms with Crippen molar-refractivity contribution >= 4 is 0 Å². The number of nitrogens with two attached hydrogens (primary N) is 1. The maximum Gasteiger partial charge on any atom is 0.213 e. The summed E-state index contributed by atoms with van der Waals surface area (Å²) in [5.41, 5.74) is 6.91. The summed E-state index contributed by atoms with van der Waals surface area (Å²) in [6.45, 7) is 3.90. The van der Waals surface area contributed by atoms with Gasteiger partial charge in [0.05, 0.1) is 6.61 Å². The van der Waals surface area contributed by atoms with E-state index in [0.717, 1.165) is 18.6 Å². The predicted octanol–water partition coefficient (Wildman–Crippen LogP) is 1.96.